The Labute approximate surface area is 185 Å². The Balaban J connectivity index is 1.44. The van der Waals surface area contributed by atoms with Crippen LogP contribution in [0.4, 0.5) is 0 Å². The predicted molar refractivity (Wildman–Crippen MR) is 124 cm³/mol. The van der Waals surface area contributed by atoms with Gasteiger partial charge in [0.15, 0.2) is 0 Å². The Hall–Kier alpha value is -4.05. The maximum atomic E-state index is 12.8. The minimum absolute atomic E-state index is 0.185. The maximum absolute atomic E-state index is 12.8. The summed E-state index contributed by atoms with van der Waals surface area (Å²) in [6, 6.07) is 17.1. The molecule has 1 unspecified atom stereocenters. The number of nitrogens with zero attached hydrogens (tertiary/aromatic N) is 1. The van der Waals surface area contributed by atoms with Gasteiger partial charge in [0.05, 0.1) is 12.5 Å². The average Bonchev–Trinajstić information content (AvgIpc) is 3.41. The van der Waals surface area contributed by atoms with E-state index >= 15 is 0 Å². The number of rotatable bonds is 9. The number of nitriles is 1. The number of para-hydroxylation sites is 2. The fraction of sp³-hybridized carbons (Fsp3) is 0.240. The molecule has 4 N–H and O–H groups in total. The second kappa shape index (κ2) is 9.84. The van der Waals surface area contributed by atoms with E-state index in [9.17, 15) is 9.59 Å². The van der Waals surface area contributed by atoms with Crippen LogP contribution < -0.4 is 10.6 Å². The zero-order chi connectivity index (χ0) is 22.3. The predicted octanol–water partition coefficient (Wildman–Crippen LogP) is 3.34. The standard InChI is InChI=1S/C25H25N5O2/c26-12-5-13-27-25(32)23(14-18-16-29-22-9-4-2-7-20(18)22)30-24(31)11-10-17-15-28-21-8-3-1-6-19(17)21/h1-4,6-9,15-16,23,28-29H,5,10-11,13-14H2,(H,27,32)(H,30,31). The van der Waals surface area contributed by atoms with Crippen molar-refractivity contribution in [1.82, 2.24) is 20.6 Å². The van der Waals surface area contributed by atoms with Gasteiger partial charge in [0, 0.05) is 53.6 Å². The fourth-order valence-corrected chi connectivity index (χ4v) is 3.95. The first-order chi connectivity index (χ1) is 15.7. The lowest BCUT2D eigenvalue weighted by Crippen LogP contribution is -2.48. The number of carbonyl (C=O) groups is 2. The van der Waals surface area contributed by atoms with Gasteiger partial charge in [-0.1, -0.05) is 36.4 Å². The van der Waals surface area contributed by atoms with Crippen LogP contribution in [-0.4, -0.2) is 34.4 Å². The van der Waals surface area contributed by atoms with Crippen molar-refractivity contribution in [2.75, 3.05) is 6.54 Å². The SMILES string of the molecule is N#CCCNC(=O)C(Cc1c[nH]c2ccccc12)NC(=O)CCc1c[nH]c2ccccc12. The quantitative estimate of drug-likeness (QED) is 0.307. The van der Waals surface area contributed by atoms with Crippen LogP contribution in [0.3, 0.4) is 0 Å². The Morgan fingerprint density at radius 2 is 1.56 bits per heavy atom. The van der Waals surface area contributed by atoms with Gasteiger partial charge in [0.25, 0.3) is 0 Å². The molecule has 0 bridgehead atoms. The highest BCUT2D eigenvalue weighted by molar-refractivity contribution is 5.90. The largest absolute Gasteiger partial charge is 0.361 e. The van der Waals surface area contributed by atoms with Crippen molar-refractivity contribution in [1.29, 1.82) is 5.26 Å². The number of benzene rings is 2. The molecule has 2 heterocycles. The number of fused-ring (bicyclic) bond motifs is 2. The van der Waals surface area contributed by atoms with Gasteiger partial charge in [-0.2, -0.15) is 5.26 Å². The number of amides is 2. The minimum atomic E-state index is -0.719. The summed E-state index contributed by atoms with van der Waals surface area (Å²) in [5, 5.41) is 16.5. The monoisotopic (exact) mass is 427 g/mol. The molecule has 0 spiro atoms. The lowest BCUT2D eigenvalue weighted by atomic mass is 10.0. The van der Waals surface area contributed by atoms with Crippen LogP contribution in [0.2, 0.25) is 0 Å². The maximum Gasteiger partial charge on any atom is 0.242 e. The summed E-state index contributed by atoms with van der Waals surface area (Å²) < 4.78 is 0. The second-order valence-corrected chi connectivity index (χ2v) is 7.74. The number of aryl methyl sites for hydroxylation is 1. The first-order valence-electron chi connectivity index (χ1n) is 10.7. The van der Waals surface area contributed by atoms with Crippen molar-refractivity contribution in [3.8, 4) is 6.07 Å². The van der Waals surface area contributed by atoms with Crippen LogP contribution >= 0.6 is 0 Å². The summed E-state index contributed by atoms with van der Waals surface area (Å²) in [7, 11) is 0. The summed E-state index contributed by atoms with van der Waals surface area (Å²) in [6.07, 6.45) is 5.24. The third-order valence-corrected chi connectivity index (χ3v) is 5.58. The van der Waals surface area contributed by atoms with Crippen molar-refractivity contribution in [2.45, 2.75) is 31.7 Å². The number of H-pyrrole nitrogens is 2. The van der Waals surface area contributed by atoms with Gasteiger partial charge >= 0.3 is 0 Å². The zero-order valence-electron chi connectivity index (χ0n) is 17.7. The molecule has 0 fully saturated rings. The van der Waals surface area contributed by atoms with Gasteiger partial charge in [0.2, 0.25) is 11.8 Å². The Bertz CT molecular complexity index is 1280. The molecule has 32 heavy (non-hydrogen) atoms. The van der Waals surface area contributed by atoms with Crippen LogP contribution in [0, 0.1) is 11.3 Å². The lowest BCUT2D eigenvalue weighted by molar-refractivity contribution is -0.128. The minimum Gasteiger partial charge on any atom is -0.361 e. The molecule has 1 atom stereocenters. The van der Waals surface area contributed by atoms with Gasteiger partial charge in [-0.3, -0.25) is 9.59 Å². The third kappa shape index (κ3) is 4.81. The van der Waals surface area contributed by atoms with Crippen LogP contribution in [0.15, 0.2) is 60.9 Å². The molecule has 0 saturated carbocycles. The average molecular weight is 428 g/mol. The van der Waals surface area contributed by atoms with E-state index in [2.05, 4.69) is 20.6 Å². The first-order valence-corrected chi connectivity index (χ1v) is 10.7. The van der Waals surface area contributed by atoms with Crippen molar-refractivity contribution < 1.29 is 9.59 Å². The summed E-state index contributed by atoms with van der Waals surface area (Å²) >= 11 is 0. The lowest BCUT2D eigenvalue weighted by Gasteiger charge is -2.18. The Morgan fingerprint density at radius 1 is 0.938 bits per heavy atom. The van der Waals surface area contributed by atoms with Crippen LogP contribution in [0.1, 0.15) is 24.0 Å². The third-order valence-electron chi connectivity index (χ3n) is 5.58. The van der Waals surface area contributed by atoms with E-state index in [4.69, 9.17) is 5.26 Å². The normalized spacial score (nSPS) is 11.8. The molecule has 4 rings (SSSR count). The topological polar surface area (TPSA) is 114 Å². The van der Waals surface area contributed by atoms with Gasteiger partial charge in [-0.25, -0.2) is 0 Å². The van der Waals surface area contributed by atoms with E-state index in [0.717, 1.165) is 32.9 Å². The van der Waals surface area contributed by atoms with E-state index in [1.165, 1.54) is 0 Å². The van der Waals surface area contributed by atoms with E-state index in [0.29, 0.717) is 12.8 Å². The van der Waals surface area contributed by atoms with E-state index < -0.39 is 6.04 Å². The number of hydrogen-bond acceptors (Lipinski definition) is 3. The molecule has 2 aromatic heterocycles. The fourth-order valence-electron chi connectivity index (χ4n) is 3.95. The molecule has 0 aliphatic carbocycles. The van der Waals surface area contributed by atoms with E-state index in [-0.39, 0.29) is 31.2 Å². The van der Waals surface area contributed by atoms with Gasteiger partial charge in [-0.15, -0.1) is 0 Å². The molecule has 2 amide bonds. The highest BCUT2D eigenvalue weighted by Crippen LogP contribution is 2.20. The molecular formula is C25H25N5O2. The molecular weight excluding hydrogens is 402 g/mol. The van der Waals surface area contributed by atoms with Gasteiger partial charge < -0.3 is 20.6 Å². The number of aromatic nitrogens is 2. The van der Waals surface area contributed by atoms with Crippen molar-refractivity contribution in [3.63, 3.8) is 0 Å². The summed E-state index contributed by atoms with van der Waals surface area (Å²) in [4.78, 5) is 32.0. The summed E-state index contributed by atoms with van der Waals surface area (Å²) in [5.41, 5.74) is 4.05. The molecule has 0 radical (unpaired) electrons. The zero-order valence-corrected chi connectivity index (χ0v) is 17.7. The van der Waals surface area contributed by atoms with Crippen molar-refractivity contribution >= 4 is 33.6 Å². The first kappa shape index (κ1) is 21.2. The number of hydrogen-bond donors (Lipinski definition) is 4. The molecule has 7 heteroatoms. The van der Waals surface area contributed by atoms with E-state index in [1.54, 1.807) is 0 Å². The smallest absolute Gasteiger partial charge is 0.242 e. The molecule has 4 aromatic rings. The van der Waals surface area contributed by atoms with Crippen molar-refractivity contribution in [2.24, 2.45) is 0 Å². The van der Waals surface area contributed by atoms with Gasteiger partial charge in [-0.05, 0) is 29.7 Å². The Kier molecular flexibility index (Phi) is 6.52. The molecule has 0 aliphatic heterocycles. The number of aromatic amines is 2. The highest BCUT2D eigenvalue weighted by atomic mass is 16.2. The number of nitrogens with one attached hydrogen (secondary N) is 4. The summed E-state index contributed by atoms with van der Waals surface area (Å²) in [5.74, 6) is -0.471. The molecule has 0 saturated heterocycles. The van der Waals surface area contributed by atoms with Crippen LogP contribution in [0.5, 0.6) is 0 Å². The molecule has 0 aliphatic rings. The van der Waals surface area contributed by atoms with Gasteiger partial charge in [0.1, 0.15) is 6.04 Å². The van der Waals surface area contributed by atoms with Crippen molar-refractivity contribution in [3.05, 3.63) is 72.1 Å². The molecule has 162 valence electrons. The molecule has 7 nitrogen and oxygen atoms in total. The highest BCUT2D eigenvalue weighted by Gasteiger charge is 2.22. The van der Waals surface area contributed by atoms with Crippen LogP contribution in [0.25, 0.3) is 21.8 Å². The second-order valence-electron chi connectivity index (χ2n) is 7.74. The van der Waals surface area contributed by atoms with E-state index in [1.807, 2.05) is 67.0 Å². The number of carbonyl (C=O) groups excluding carboxylic acids is 2. The Morgan fingerprint density at radius 3 is 2.25 bits per heavy atom. The molecule has 2 aromatic carbocycles. The summed E-state index contributed by atoms with van der Waals surface area (Å²) in [6.45, 7) is 0.255. The van der Waals surface area contributed by atoms with Crippen LogP contribution in [-0.2, 0) is 22.4 Å².